The minimum absolute atomic E-state index is 0.0524. The molecule has 5 nitrogen and oxygen atoms in total. The van der Waals surface area contributed by atoms with Gasteiger partial charge in [0.05, 0.1) is 6.10 Å². The molecule has 1 fully saturated rings. The molecule has 0 bridgehead atoms. The number of amides is 1. The summed E-state index contributed by atoms with van der Waals surface area (Å²) in [6.45, 7) is 2.55. The molecule has 2 unspecified atom stereocenters. The maximum Gasteiger partial charge on any atom is 0.326 e. The van der Waals surface area contributed by atoms with E-state index in [4.69, 9.17) is 9.84 Å². The molecule has 0 aromatic rings. The highest BCUT2D eigenvalue weighted by molar-refractivity contribution is 5.84. The van der Waals surface area contributed by atoms with Gasteiger partial charge in [0, 0.05) is 26.5 Å². The van der Waals surface area contributed by atoms with Crippen molar-refractivity contribution in [2.45, 2.75) is 64.0 Å². The van der Waals surface area contributed by atoms with Crippen LogP contribution in [-0.4, -0.2) is 47.7 Å². The first-order chi connectivity index (χ1) is 9.10. The van der Waals surface area contributed by atoms with E-state index in [2.05, 4.69) is 6.92 Å². The Hall–Kier alpha value is -1.10. The van der Waals surface area contributed by atoms with Crippen molar-refractivity contribution in [3.63, 3.8) is 0 Å². The van der Waals surface area contributed by atoms with Gasteiger partial charge in [-0.15, -0.1) is 0 Å². The number of carboxylic acid groups (broad SMARTS) is 1. The van der Waals surface area contributed by atoms with E-state index in [1.54, 1.807) is 7.11 Å². The molecule has 1 rings (SSSR count). The largest absolute Gasteiger partial charge is 0.480 e. The third kappa shape index (κ3) is 4.82. The Morgan fingerprint density at radius 2 is 1.95 bits per heavy atom. The number of carbonyl (C=O) groups excluding carboxylic acids is 1. The molecule has 1 aliphatic heterocycles. The molecule has 2 atom stereocenters. The summed E-state index contributed by atoms with van der Waals surface area (Å²) in [4.78, 5) is 24.7. The molecule has 0 aromatic carbocycles. The van der Waals surface area contributed by atoms with Crippen LogP contribution < -0.4 is 0 Å². The van der Waals surface area contributed by atoms with Crippen molar-refractivity contribution in [3.8, 4) is 0 Å². The molecule has 0 radical (unpaired) electrons. The Morgan fingerprint density at radius 1 is 1.26 bits per heavy atom. The van der Waals surface area contributed by atoms with Gasteiger partial charge in [-0.1, -0.05) is 32.6 Å². The number of likely N-dealkylation sites (tertiary alicyclic amines) is 1. The first-order valence-electron chi connectivity index (χ1n) is 7.15. The molecular formula is C14H25NO4. The van der Waals surface area contributed by atoms with Crippen LogP contribution in [0, 0.1) is 0 Å². The van der Waals surface area contributed by atoms with Gasteiger partial charge in [0.25, 0.3) is 0 Å². The Morgan fingerprint density at radius 3 is 2.53 bits per heavy atom. The van der Waals surface area contributed by atoms with Gasteiger partial charge < -0.3 is 14.7 Å². The predicted molar refractivity (Wildman–Crippen MR) is 71.9 cm³/mol. The molecule has 19 heavy (non-hydrogen) atoms. The van der Waals surface area contributed by atoms with Gasteiger partial charge in [-0.05, 0) is 6.42 Å². The zero-order valence-electron chi connectivity index (χ0n) is 11.9. The summed E-state index contributed by atoms with van der Waals surface area (Å²) in [6.07, 6.45) is 6.10. The Balaban J connectivity index is 2.39. The lowest BCUT2D eigenvalue weighted by molar-refractivity contribution is -0.148. The fraction of sp³-hybridized carbons (Fsp3) is 0.857. The summed E-state index contributed by atoms with van der Waals surface area (Å²) < 4.78 is 5.17. The number of rotatable bonds is 8. The number of carboxylic acids is 1. The lowest BCUT2D eigenvalue weighted by atomic mass is 10.1. The van der Waals surface area contributed by atoms with E-state index in [9.17, 15) is 9.59 Å². The van der Waals surface area contributed by atoms with Crippen molar-refractivity contribution in [2.24, 2.45) is 0 Å². The second-order valence-electron chi connectivity index (χ2n) is 5.16. The quantitative estimate of drug-likeness (QED) is 0.686. The topological polar surface area (TPSA) is 66.8 Å². The van der Waals surface area contributed by atoms with Crippen molar-refractivity contribution < 1.29 is 19.4 Å². The number of unbranched alkanes of at least 4 members (excludes halogenated alkanes) is 4. The van der Waals surface area contributed by atoms with Crippen molar-refractivity contribution in [3.05, 3.63) is 0 Å². The van der Waals surface area contributed by atoms with E-state index in [0.29, 0.717) is 19.4 Å². The fourth-order valence-corrected chi connectivity index (χ4v) is 2.50. The van der Waals surface area contributed by atoms with Gasteiger partial charge in [0.15, 0.2) is 0 Å². The van der Waals surface area contributed by atoms with Gasteiger partial charge in [-0.2, -0.15) is 0 Å². The molecule has 0 aromatic heterocycles. The van der Waals surface area contributed by atoms with Crippen LogP contribution in [0.3, 0.4) is 0 Å². The zero-order chi connectivity index (χ0) is 14.3. The lowest BCUT2D eigenvalue weighted by Crippen LogP contribution is -2.40. The van der Waals surface area contributed by atoms with Crippen molar-refractivity contribution in [1.29, 1.82) is 0 Å². The highest BCUT2D eigenvalue weighted by atomic mass is 16.5. The lowest BCUT2D eigenvalue weighted by Gasteiger charge is -2.21. The fourth-order valence-electron chi connectivity index (χ4n) is 2.50. The molecule has 0 saturated carbocycles. The average Bonchev–Trinajstić information content (AvgIpc) is 2.82. The molecule has 110 valence electrons. The molecule has 1 amide bonds. The number of hydrogen-bond acceptors (Lipinski definition) is 3. The normalized spacial score (nSPS) is 22.7. The Labute approximate surface area is 114 Å². The number of ether oxygens (including phenoxy) is 1. The van der Waals surface area contributed by atoms with Crippen LogP contribution in [0.5, 0.6) is 0 Å². The van der Waals surface area contributed by atoms with E-state index in [1.165, 1.54) is 17.7 Å². The van der Waals surface area contributed by atoms with Gasteiger partial charge in [0.2, 0.25) is 5.91 Å². The van der Waals surface area contributed by atoms with E-state index >= 15 is 0 Å². The van der Waals surface area contributed by atoms with Crippen LogP contribution in [0.15, 0.2) is 0 Å². The minimum atomic E-state index is -0.932. The van der Waals surface area contributed by atoms with Crippen molar-refractivity contribution in [1.82, 2.24) is 4.90 Å². The van der Waals surface area contributed by atoms with Crippen molar-refractivity contribution in [2.75, 3.05) is 13.7 Å². The van der Waals surface area contributed by atoms with Crippen molar-refractivity contribution >= 4 is 11.9 Å². The molecule has 1 heterocycles. The third-order valence-electron chi connectivity index (χ3n) is 3.70. The van der Waals surface area contributed by atoms with Gasteiger partial charge in [0.1, 0.15) is 6.04 Å². The minimum Gasteiger partial charge on any atom is -0.480 e. The van der Waals surface area contributed by atoms with Gasteiger partial charge >= 0.3 is 5.97 Å². The summed E-state index contributed by atoms with van der Waals surface area (Å²) in [5.41, 5.74) is 0. The molecule has 1 N–H and O–H groups in total. The smallest absolute Gasteiger partial charge is 0.326 e. The second kappa shape index (κ2) is 8.15. The van der Waals surface area contributed by atoms with Crippen LogP contribution in [0.25, 0.3) is 0 Å². The van der Waals surface area contributed by atoms with E-state index in [-0.39, 0.29) is 12.0 Å². The van der Waals surface area contributed by atoms with Crippen LogP contribution in [0.1, 0.15) is 51.9 Å². The van der Waals surface area contributed by atoms with Crippen LogP contribution in [0.4, 0.5) is 0 Å². The van der Waals surface area contributed by atoms with Crippen LogP contribution in [0.2, 0.25) is 0 Å². The number of methoxy groups -OCH3 is 1. The summed E-state index contributed by atoms with van der Waals surface area (Å²) >= 11 is 0. The molecule has 5 heteroatoms. The SMILES string of the molecule is CCCCCCCC(=O)N1CC(OC)CC1C(=O)O. The monoisotopic (exact) mass is 271 g/mol. The Kier molecular flexibility index (Phi) is 6.84. The standard InChI is InChI=1S/C14H25NO4/c1-3-4-5-6-7-8-13(16)15-10-11(19-2)9-12(15)14(17)18/h11-12H,3-10H2,1-2H3,(H,17,18). The molecule has 1 saturated heterocycles. The first-order valence-corrected chi connectivity index (χ1v) is 7.15. The number of nitrogens with zero attached hydrogens (tertiary/aromatic N) is 1. The molecular weight excluding hydrogens is 246 g/mol. The maximum atomic E-state index is 12.1. The molecule has 1 aliphatic rings. The average molecular weight is 271 g/mol. The van der Waals surface area contributed by atoms with Gasteiger partial charge in [-0.3, -0.25) is 4.79 Å². The summed E-state index contributed by atoms with van der Waals surface area (Å²) in [5, 5.41) is 9.14. The van der Waals surface area contributed by atoms with Crippen LogP contribution >= 0.6 is 0 Å². The number of hydrogen-bond donors (Lipinski definition) is 1. The highest BCUT2D eigenvalue weighted by Crippen LogP contribution is 2.22. The summed E-state index contributed by atoms with van der Waals surface area (Å²) in [7, 11) is 1.56. The van der Waals surface area contributed by atoms with E-state index < -0.39 is 12.0 Å². The predicted octanol–water partition coefficient (Wildman–Crippen LogP) is 2.05. The maximum absolute atomic E-state index is 12.1. The van der Waals surface area contributed by atoms with Gasteiger partial charge in [-0.25, -0.2) is 4.79 Å². The molecule has 0 aliphatic carbocycles. The summed E-state index contributed by atoms with van der Waals surface area (Å²) in [5.74, 6) is -0.984. The van der Waals surface area contributed by atoms with E-state index in [1.807, 2.05) is 0 Å². The number of carbonyl (C=O) groups is 2. The zero-order valence-corrected chi connectivity index (χ0v) is 11.9. The first kappa shape index (κ1) is 16.0. The van der Waals surface area contributed by atoms with E-state index in [0.717, 1.165) is 19.3 Å². The third-order valence-corrected chi connectivity index (χ3v) is 3.70. The number of aliphatic carboxylic acids is 1. The molecule has 0 spiro atoms. The Bertz CT molecular complexity index is 306. The second-order valence-corrected chi connectivity index (χ2v) is 5.16. The summed E-state index contributed by atoms with van der Waals surface area (Å²) in [6, 6.07) is -0.715. The van der Waals surface area contributed by atoms with Crippen LogP contribution in [-0.2, 0) is 14.3 Å². The highest BCUT2D eigenvalue weighted by Gasteiger charge is 2.39.